The minimum Gasteiger partial charge on any atom is -0.415 e. The molecule has 0 bridgehead atoms. The maximum Gasteiger partial charge on any atom is 0.109 e. The van der Waals surface area contributed by atoms with Gasteiger partial charge in [0.1, 0.15) is 11.6 Å². The summed E-state index contributed by atoms with van der Waals surface area (Å²) in [6, 6.07) is 0. The molecule has 0 radical (unpaired) electrons. The highest BCUT2D eigenvalue weighted by Gasteiger charge is 1.99. The second kappa shape index (κ2) is 1.53. The Labute approximate surface area is 41.5 Å². The Morgan fingerprint density at radius 3 is 2.83 bits per heavy atom. The molecule has 0 fully saturated rings. The van der Waals surface area contributed by atoms with E-state index in [1.807, 2.05) is 6.08 Å². The van der Waals surface area contributed by atoms with Crippen LogP contribution in [0.1, 0.15) is 0 Å². The summed E-state index contributed by atoms with van der Waals surface area (Å²) in [4.78, 5) is 4.55. The molecule has 1 unspecified atom stereocenters. The molecule has 0 amide bonds. The van der Waals surface area contributed by atoms with Crippen LogP contribution in [-0.2, 0) is 4.84 Å². The first-order chi connectivity index (χ1) is 2.89. The lowest BCUT2D eigenvalue weighted by Gasteiger charge is -1.93. The molecule has 0 aromatic heterocycles. The second-order valence-electron chi connectivity index (χ2n) is 1.01. The molecule has 0 spiro atoms. The van der Waals surface area contributed by atoms with E-state index in [1.54, 1.807) is 6.26 Å². The van der Waals surface area contributed by atoms with Crippen LogP contribution < -0.4 is 5.48 Å². The molecule has 1 heterocycles. The molecule has 0 aromatic carbocycles. The third kappa shape index (κ3) is 0.666. The van der Waals surface area contributed by atoms with Gasteiger partial charge in [0.25, 0.3) is 0 Å². The van der Waals surface area contributed by atoms with Crippen LogP contribution in [0.2, 0.25) is 0 Å². The average Bonchev–Trinajstić information content (AvgIpc) is 1.86. The van der Waals surface area contributed by atoms with E-state index in [2.05, 4.69) is 22.9 Å². The van der Waals surface area contributed by atoms with Gasteiger partial charge in [-0.25, -0.2) is 0 Å². The summed E-state index contributed by atoms with van der Waals surface area (Å²) in [6.45, 7) is 0. The fraction of sp³-hybridized carbons (Fsp3) is 0.333. The molecule has 0 aromatic rings. The van der Waals surface area contributed by atoms with Crippen LogP contribution in [-0.4, -0.2) is 5.37 Å². The zero-order chi connectivity index (χ0) is 4.41. The maximum atomic E-state index is 4.55. The van der Waals surface area contributed by atoms with Gasteiger partial charge in [-0.1, -0.05) is 0 Å². The van der Waals surface area contributed by atoms with Gasteiger partial charge in [-0.05, 0) is 6.08 Å². The van der Waals surface area contributed by atoms with Gasteiger partial charge in [0, 0.05) is 0 Å². The fourth-order valence-corrected chi connectivity index (χ4v) is 0.393. The first kappa shape index (κ1) is 4.02. The van der Waals surface area contributed by atoms with E-state index in [0.29, 0.717) is 0 Å². The molecule has 1 aliphatic rings. The molecule has 0 saturated heterocycles. The Bertz CT molecular complexity index is 73.2. The lowest BCUT2D eigenvalue weighted by Crippen LogP contribution is -2.12. The normalized spacial score (nSPS) is 30.5. The maximum absolute atomic E-state index is 4.55. The van der Waals surface area contributed by atoms with E-state index in [0.717, 1.165) is 0 Å². The molecule has 2 nitrogen and oxygen atoms in total. The first-order valence-corrected chi connectivity index (χ1v) is 2.17. The quantitative estimate of drug-likeness (QED) is 0.430. The van der Waals surface area contributed by atoms with Crippen molar-refractivity contribution in [3.8, 4) is 0 Å². The molecule has 3 heteroatoms. The van der Waals surface area contributed by atoms with E-state index >= 15 is 0 Å². The summed E-state index contributed by atoms with van der Waals surface area (Å²) < 4.78 is 0. The number of hydrogen-bond donors (Lipinski definition) is 2. The average molecular weight is 103 g/mol. The van der Waals surface area contributed by atoms with Gasteiger partial charge in [-0.3, -0.25) is 0 Å². The molecule has 1 atom stereocenters. The van der Waals surface area contributed by atoms with Gasteiger partial charge in [0.15, 0.2) is 0 Å². The standard InChI is InChI=1S/C3H5NOS/c6-3-1-2-5-4-3/h1-4,6H. The Hall–Kier alpha value is -0.150. The lowest BCUT2D eigenvalue weighted by molar-refractivity contribution is 0.162. The van der Waals surface area contributed by atoms with Crippen LogP contribution in [0.25, 0.3) is 0 Å². The van der Waals surface area contributed by atoms with Crippen molar-refractivity contribution in [3.63, 3.8) is 0 Å². The van der Waals surface area contributed by atoms with Crippen LogP contribution in [0.15, 0.2) is 12.3 Å². The molecule has 1 aliphatic heterocycles. The third-order valence-corrected chi connectivity index (χ3v) is 0.795. The van der Waals surface area contributed by atoms with Crippen molar-refractivity contribution in [1.29, 1.82) is 0 Å². The Kier molecular flexibility index (Phi) is 1.03. The summed E-state index contributed by atoms with van der Waals surface area (Å²) >= 11 is 3.97. The van der Waals surface area contributed by atoms with Crippen LogP contribution in [0, 0.1) is 0 Å². The number of nitrogens with one attached hydrogen (secondary N) is 1. The minimum atomic E-state index is 0.0880. The molecular formula is C3H5NOS. The number of hydrogen-bond acceptors (Lipinski definition) is 3. The minimum absolute atomic E-state index is 0.0880. The summed E-state index contributed by atoms with van der Waals surface area (Å²) in [6.07, 6.45) is 3.38. The molecule has 1 N–H and O–H groups in total. The highest BCUT2D eigenvalue weighted by molar-refractivity contribution is 7.81. The summed E-state index contributed by atoms with van der Waals surface area (Å²) in [5.41, 5.74) is 2.57. The topological polar surface area (TPSA) is 21.3 Å². The lowest BCUT2D eigenvalue weighted by atomic mass is 10.6. The molecule has 1 rings (SSSR count). The van der Waals surface area contributed by atoms with E-state index < -0.39 is 0 Å². The van der Waals surface area contributed by atoms with Crippen molar-refractivity contribution in [3.05, 3.63) is 12.3 Å². The number of thiol groups is 1. The van der Waals surface area contributed by atoms with Crippen molar-refractivity contribution in [1.82, 2.24) is 5.48 Å². The zero-order valence-corrected chi connectivity index (χ0v) is 3.98. The van der Waals surface area contributed by atoms with Gasteiger partial charge in [0.2, 0.25) is 0 Å². The molecular weight excluding hydrogens is 98.1 g/mol. The van der Waals surface area contributed by atoms with E-state index in [-0.39, 0.29) is 5.37 Å². The van der Waals surface area contributed by atoms with Crippen molar-refractivity contribution in [2.45, 2.75) is 5.37 Å². The smallest absolute Gasteiger partial charge is 0.109 e. The highest BCUT2D eigenvalue weighted by Crippen LogP contribution is 1.97. The highest BCUT2D eigenvalue weighted by atomic mass is 32.1. The van der Waals surface area contributed by atoms with Gasteiger partial charge >= 0.3 is 0 Å². The molecule has 0 saturated carbocycles. The Balaban J connectivity index is 2.38. The van der Waals surface area contributed by atoms with Crippen LogP contribution in [0.5, 0.6) is 0 Å². The van der Waals surface area contributed by atoms with Crippen molar-refractivity contribution >= 4 is 12.6 Å². The van der Waals surface area contributed by atoms with Crippen molar-refractivity contribution < 1.29 is 4.84 Å². The van der Waals surface area contributed by atoms with Gasteiger partial charge in [-0.15, -0.1) is 5.48 Å². The monoisotopic (exact) mass is 103 g/mol. The van der Waals surface area contributed by atoms with Crippen LogP contribution >= 0.6 is 12.6 Å². The van der Waals surface area contributed by atoms with Gasteiger partial charge in [0.05, 0.1) is 0 Å². The van der Waals surface area contributed by atoms with Crippen LogP contribution in [0.4, 0.5) is 0 Å². The summed E-state index contributed by atoms with van der Waals surface area (Å²) in [5, 5.41) is 0.0880. The fourth-order valence-electron chi connectivity index (χ4n) is 0.262. The molecule has 0 aliphatic carbocycles. The summed E-state index contributed by atoms with van der Waals surface area (Å²) in [5.74, 6) is 0. The summed E-state index contributed by atoms with van der Waals surface area (Å²) in [7, 11) is 0. The largest absolute Gasteiger partial charge is 0.415 e. The predicted molar refractivity (Wildman–Crippen MR) is 26.1 cm³/mol. The van der Waals surface area contributed by atoms with Crippen LogP contribution in [0.3, 0.4) is 0 Å². The van der Waals surface area contributed by atoms with E-state index in [9.17, 15) is 0 Å². The van der Waals surface area contributed by atoms with E-state index in [1.165, 1.54) is 0 Å². The van der Waals surface area contributed by atoms with Gasteiger partial charge in [-0.2, -0.15) is 12.6 Å². The van der Waals surface area contributed by atoms with Crippen molar-refractivity contribution in [2.75, 3.05) is 0 Å². The first-order valence-electron chi connectivity index (χ1n) is 1.65. The van der Waals surface area contributed by atoms with Crippen molar-refractivity contribution in [2.24, 2.45) is 0 Å². The third-order valence-electron chi connectivity index (χ3n) is 0.518. The SMILES string of the molecule is SC1C=CON1. The second-order valence-corrected chi connectivity index (χ2v) is 1.57. The number of hydroxylamine groups is 1. The Morgan fingerprint density at radius 2 is 2.67 bits per heavy atom. The number of rotatable bonds is 0. The molecule has 6 heavy (non-hydrogen) atoms. The predicted octanol–water partition coefficient (Wildman–Crippen LogP) is 0.291. The zero-order valence-electron chi connectivity index (χ0n) is 3.09. The molecule has 34 valence electrons. The van der Waals surface area contributed by atoms with Gasteiger partial charge < -0.3 is 4.84 Å². The Morgan fingerprint density at radius 1 is 1.83 bits per heavy atom. The van der Waals surface area contributed by atoms with E-state index in [4.69, 9.17) is 0 Å².